The van der Waals surface area contributed by atoms with E-state index in [0.29, 0.717) is 27.5 Å². The van der Waals surface area contributed by atoms with Crippen molar-refractivity contribution in [3.63, 3.8) is 0 Å². The molecule has 0 spiro atoms. The summed E-state index contributed by atoms with van der Waals surface area (Å²) in [4.78, 5) is 50.9. The van der Waals surface area contributed by atoms with E-state index in [1.807, 2.05) is 6.07 Å². The predicted octanol–water partition coefficient (Wildman–Crippen LogP) is 5.74. The fourth-order valence-electron chi connectivity index (χ4n) is 4.20. The molecule has 0 aliphatic rings. The summed E-state index contributed by atoms with van der Waals surface area (Å²) >= 11 is 0. The highest BCUT2D eigenvalue weighted by Gasteiger charge is 2.28. The number of nitrogens with one attached hydrogen (secondary N) is 1. The van der Waals surface area contributed by atoms with Crippen LogP contribution in [0.5, 0.6) is 5.75 Å². The summed E-state index contributed by atoms with van der Waals surface area (Å²) in [5, 5.41) is 3.68. The second-order valence-corrected chi connectivity index (χ2v) is 10.0. The lowest BCUT2D eigenvalue weighted by atomic mass is 10.0. The molecule has 1 atom stereocenters. The second kappa shape index (κ2) is 10.5. The average Bonchev–Trinajstić information content (AvgIpc) is 2.90. The summed E-state index contributed by atoms with van der Waals surface area (Å²) < 4.78 is 21.7. The quantitative estimate of drug-likeness (QED) is 0.170. The molecule has 9 heteroatoms. The van der Waals surface area contributed by atoms with E-state index in [4.69, 9.17) is 18.3 Å². The lowest BCUT2D eigenvalue weighted by Gasteiger charge is -2.23. The Morgan fingerprint density at radius 2 is 1.52 bits per heavy atom. The molecule has 0 bridgehead atoms. The number of benzene rings is 3. The van der Waals surface area contributed by atoms with E-state index in [-0.39, 0.29) is 16.9 Å². The van der Waals surface area contributed by atoms with E-state index in [2.05, 4.69) is 5.32 Å². The van der Waals surface area contributed by atoms with Crippen LogP contribution in [0, 0.1) is 0 Å². The number of amides is 1. The molecule has 2 aromatic heterocycles. The van der Waals surface area contributed by atoms with Crippen LogP contribution in [0.2, 0.25) is 0 Å². The third-order valence-corrected chi connectivity index (χ3v) is 5.90. The van der Waals surface area contributed by atoms with Gasteiger partial charge in [-0.05, 0) is 50.6 Å². The number of carbonyl (C=O) groups is 2. The number of rotatable bonds is 5. The normalized spacial score (nSPS) is 12.2. The van der Waals surface area contributed by atoms with E-state index in [0.717, 1.165) is 0 Å². The van der Waals surface area contributed by atoms with Crippen molar-refractivity contribution in [1.29, 1.82) is 0 Å². The van der Waals surface area contributed by atoms with Gasteiger partial charge < -0.3 is 23.6 Å². The number of hydrogen-bond donors (Lipinski definition) is 1. The van der Waals surface area contributed by atoms with Crippen LogP contribution in [0.3, 0.4) is 0 Å². The summed E-state index contributed by atoms with van der Waals surface area (Å²) in [7, 11) is 0. The van der Waals surface area contributed by atoms with Gasteiger partial charge in [0, 0.05) is 28.5 Å². The van der Waals surface area contributed by atoms with E-state index in [9.17, 15) is 19.2 Å². The highest BCUT2D eigenvalue weighted by molar-refractivity contribution is 5.96. The number of carbonyl (C=O) groups excluding carboxylic acids is 2. The summed E-state index contributed by atoms with van der Waals surface area (Å²) in [6.07, 6.45) is -0.790. The lowest BCUT2D eigenvalue weighted by molar-refractivity contribution is -0.137. The topological polar surface area (TPSA) is 125 Å². The van der Waals surface area contributed by atoms with Crippen molar-refractivity contribution in [3.8, 4) is 16.9 Å². The maximum Gasteiger partial charge on any atom is 0.408 e. The molecule has 0 unspecified atom stereocenters. The molecule has 0 fully saturated rings. The van der Waals surface area contributed by atoms with Crippen molar-refractivity contribution in [2.24, 2.45) is 0 Å². The third kappa shape index (κ3) is 5.78. The van der Waals surface area contributed by atoms with Crippen molar-refractivity contribution in [2.45, 2.75) is 32.4 Å². The van der Waals surface area contributed by atoms with Crippen LogP contribution in [0.1, 0.15) is 32.4 Å². The molecule has 0 aliphatic carbocycles. The van der Waals surface area contributed by atoms with Gasteiger partial charge >= 0.3 is 23.3 Å². The van der Waals surface area contributed by atoms with Gasteiger partial charge in [-0.25, -0.2) is 19.2 Å². The molecular weight excluding hydrogens is 514 g/mol. The van der Waals surface area contributed by atoms with E-state index in [1.165, 1.54) is 18.2 Å². The van der Waals surface area contributed by atoms with Gasteiger partial charge in [0.1, 0.15) is 22.5 Å². The summed E-state index contributed by atoms with van der Waals surface area (Å²) in [5.74, 6) is -0.722. The Morgan fingerprint density at radius 1 is 0.800 bits per heavy atom. The van der Waals surface area contributed by atoms with Gasteiger partial charge in [-0.15, -0.1) is 0 Å². The highest BCUT2D eigenvalue weighted by atomic mass is 16.6. The largest absolute Gasteiger partial charge is 0.444 e. The van der Waals surface area contributed by atoms with Crippen LogP contribution >= 0.6 is 0 Å². The number of ether oxygens (including phenoxy) is 2. The molecule has 0 saturated carbocycles. The molecule has 5 aromatic rings. The standard InChI is InChI=1S/C31H25NO8/c1-31(2,3)40-30(36)32-27(18-9-5-4-6-10-18)29(35)37-20-13-14-21-22(17-26(33)38-25(21)16-20)23-15-19-11-7-8-12-24(19)39-28(23)34/h4-17,27H,1-3H3,(H,32,36)/t27-/m0/s1. The fourth-order valence-corrected chi connectivity index (χ4v) is 4.20. The minimum Gasteiger partial charge on any atom is -0.444 e. The number of hydrogen-bond acceptors (Lipinski definition) is 8. The summed E-state index contributed by atoms with van der Waals surface area (Å²) in [5.41, 5.74) is -0.583. The zero-order chi connectivity index (χ0) is 28.4. The first-order valence-electron chi connectivity index (χ1n) is 12.4. The van der Waals surface area contributed by atoms with Gasteiger partial charge in [-0.1, -0.05) is 48.5 Å². The molecule has 3 aromatic carbocycles. The zero-order valence-corrected chi connectivity index (χ0v) is 21.9. The van der Waals surface area contributed by atoms with Crippen molar-refractivity contribution in [1.82, 2.24) is 5.32 Å². The third-order valence-electron chi connectivity index (χ3n) is 5.90. The first-order chi connectivity index (χ1) is 19.1. The smallest absolute Gasteiger partial charge is 0.408 e. The molecule has 1 N–H and O–H groups in total. The van der Waals surface area contributed by atoms with E-state index >= 15 is 0 Å². The molecular formula is C31H25NO8. The Kier molecular flexibility index (Phi) is 6.96. The minimum absolute atomic E-state index is 0.0651. The van der Waals surface area contributed by atoms with Crippen LogP contribution in [-0.4, -0.2) is 17.7 Å². The first kappa shape index (κ1) is 26.4. The Labute approximate surface area is 227 Å². The molecule has 0 saturated heterocycles. The molecule has 9 nitrogen and oxygen atoms in total. The summed E-state index contributed by atoms with van der Waals surface area (Å²) in [6, 6.07) is 21.7. The lowest BCUT2D eigenvalue weighted by Crippen LogP contribution is -2.39. The summed E-state index contributed by atoms with van der Waals surface area (Å²) in [6.45, 7) is 5.13. The van der Waals surface area contributed by atoms with Crippen molar-refractivity contribution in [2.75, 3.05) is 0 Å². The molecule has 0 aliphatic heterocycles. The van der Waals surface area contributed by atoms with Crippen LogP contribution in [0.4, 0.5) is 4.79 Å². The Hall–Kier alpha value is -5.18. The SMILES string of the molecule is CC(C)(C)OC(=O)N[C@H](C(=O)Oc1ccc2c(-c3cc4ccccc4oc3=O)cc(=O)oc2c1)c1ccccc1. The molecule has 5 rings (SSSR count). The predicted molar refractivity (Wildman–Crippen MR) is 148 cm³/mol. The van der Waals surface area contributed by atoms with E-state index in [1.54, 1.807) is 81.4 Å². The molecule has 2 heterocycles. The van der Waals surface area contributed by atoms with E-state index < -0.39 is 35.0 Å². The minimum atomic E-state index is -1.17. The van der Waals surface area contributed by atoms with Crippen LogP contribution < -0.4 is 21.3 Å². The van der Waals surface area contributed by atoms with Crippen molar-refractivity contribution < 1.29 is 27.9 Å². The zero-order valence-electron chi connectivity index (χ0n) is 21.9. The maximum absolute atomic E-state index is 13.2. The number of alkyl carbamates (subject to hydrolysis) is 1. The number of para-hydroxylation sites is 1. The Balaban J connectivity index is 1.49. The van der Waals surface area contributed by atoms with Gasteiger partial charge in [0.15, 0.2) is 6.04 Å². The van der Waals surface area contributed by atoms with Gasteiger partial charge in [-0.2, -0.15) is 0 Å². The van der Waals surface area contributed by atoms with Crippen molar-refractivity contribution >= 4 is 34.0 Å². The molecule has 0 radical (unpaired) electrons. The highest BCUT2D eigenvalue weighted by Crippen LogP contribution is 2.30. The number of fused-ring (bicyclic) bond motifs is 2. The van der Waals surface area contributed by atoms with Crippen LogP contribution in [0.15, 0.2) is 103 Å². The maximum atomic E-state index is 13.2. The van der Waals surface area contributed by atoms with Crippen molar-refractivity contribution in [3.05, 3.63) is 111 Å². The molecule has 40 heavy (non-hydrogen) atoms. The van der Waals surface area contributed by atoms with Gasteiger partial charge in [0.05, 0.1) is 5.56 Å². The van der Waals surface area contributed by atoms with Crippen LogP contribution in [-0.2, 0) is 9.53 Å². The van der Waals surface area contributed by atoms with Crippen LogP contribution in [0.25, 0.3) is 33.1 Å². The Bertz CT molecular complexity index is 1850. The second-order valence-electron chi connectivity index (χ2n) is 10.0. The monoisotopic (exact) mass is 539 g/mol. The number of esters is 1. The average molecular weight is 540 g/mol. The Morgan fingerprint density at radius 3 is 2.27 bits per heavy atom. The molecule has 202 valence electrons. The molecule has 1 amide bonds. The van der Waals surface area contributed by atoms with Gasteiger partial charge in [-0.3, -0.25) is 0 Å². The first-order valence-corrected chi connectivity index (χ1v) is 12.4. The van der Waals surface area contributed by atoms with Gasteiger partial charge in [0.25, 0.3) is 0 Å². The fraction of sp³-hybridized carbons (Fsp3) is 0.161. The van der Waals surface area contributed by atoms with Gasteiger partial charge in [0.2, 0.25) is 0 Å².